The monoisotopic (exact) mass is 334 g/mol. The maximum absolute atomic E-state index is 11.0. The van der Waals surface area contributed by atoms with Crippen molar-refractivity contribution in [3.63, 3.8) is 0 Å². The molecule has 0 amide bonds. The lowest BCUT2D eigenvalue weighted by atomic mass is 10.0. The van der Waals surface area contributed by atoms with Crippen LogP contribution < -0.4 is 10.6 Å². The number of carboxylic acids is 1. The average Bonchev–Trinajstić information content (AvgIpc) is 2.63. The van der Waals surface area contributed by atoms with E-state index in [4.69, 9.17) is 10.8 Å². The van der Waals surface area contributed by atoms with Crippen LogP contribution in [0, 0.1) is 3.57 Å². The van der Waals surface area contributed by atoms with Crippen LogP contribution in [0.2, 0.25) is 0 Å². The number of nitrogens with two attached hydrogens (primary N) is 1. The van der Waals surface area contributed by atoms with E-state index in [1.54, 1.807) is 17.3 Å². The second-order valence-corrected chi connectivity index (χ2v) is 5.08. The van der Waals surface area contributed by atoms with E-state index >= 15 is 0 Å². The summed E-state index contributed by atoms with van der Waals surface area (Å²) in [6.07, 6.45) is 3.80. The Balaban J connectivity index is 2.15. The Hall–Kier alpha value is -0.960. The summed E-state index contributed by atoms with van der Waals surface area (Å²) >= 11 is 2.11. The Morgan fingerprint density at radius 2 is 2.19 bits per heavy atom. The van der Waals surface area contributed by atoms with Crippen molar-refractivity contribution in [2.75, 3.05) is 18.0 Å². The number of aliphatic carboxylic acids is 1. The standard InChI is InChI=1S/C9H11IN4O2/c10-6-3-12-8(13-4-6)14-2-1-9(11,5-14)7(15)16/h3-4H,1-2,5,11H2,(H,15,16). The Morgan fingerprint density at radius 3 is 2.69 bits per heavy atom. The number of halogens is 1. The molecule has 2 rings (SSSR count). The van der Waals surface area contributed by atoms with E-state index in [1.807, 2.05) is 0 Å². The molecule has 0 spiro atoms. The van der Waals surface area contributed by atoms with Crippen LogP contribution in [0.5, 0.6) is 0 Å². The van der Waals surface area contributed by atoms with Crippen molar-refractivity contribution in [3.05, 3.63) is 16.0 Å². The number of carbonyl (C=O) groups is 1. The Labute approximate surface area is 106 Å². The van der Waals surface area contributed by atoms with E-state index in [2.05, 4.69) is 32.6 Å². The van der Waals surface area contributed by atoms with Gasteiger partial charge in [-0.3, -0.25) is 4.79 Å². The number of hydrogen-bond acceptors (Lipinski definition) is 5. The van der Waals surface area contributed by atoms with E-state index in [-0.39, 0.29) is 6.54 Å². The molecular formula is C9H11IN4O2. The molecule has 1 unspecified atom stereocenters. The summed E-state index contributed by atoms with van der Waals surface area (Å²) in [5, 5.41) is 8.99. The Bertz CT molecular complexity index is 410. The number of rotatable bonds is 2. The predicted octanol–water partition coefficient (Wildman–Crippen LogP) is 0.0734. The molecule has 1 aliphatic rings. The summed E-state index contributed by atoms with van der Waals surface area (Å²) in [7, 11) is 0. The minimum Gasteiger partial charge on any atom is -0.480 e. The highest BCUT2D eigenvalue weighted by Gasteiger charge is 2.42. The minimum absolute atomic E-state index is 0.253. The van der Waals surface area contributed by atoms with Gasteiger partial charge in [-0.25, -0.2) is 9.97 Å². The molecule has 1 saturated heterocycles. The molecule has 16 heavy (non-hydrogen) atoms. The molecule has 0 aliphatic carbocycles. The van der Waals surface area contributed by atoms with Gasteiger partial charge in [0.25, 0.3) is 0 Å². The van der Waals surface area contributed by atoms with Gasteiger partial charge in [0.05, 0.1) is 0 Å². The second-order valence-electron chi connectivity index (χ2n) is 3.83. The van der Waals surface area contributed by atoms with Crippen molar-refractivity contribution >= 4 is 34.5 Å². The van der Waals surface area contributed by atoms with Crippen LogP contribution >= 0.6 is 22.6 Å². The van der Waals surface area contributed by atoms with Gasteiger partial charge in [0.1, 0.15) is 5.54 Å². The van der Waals surface area contributed by atoms with Gasteiger partial charge in [-0.1, -0.05) is 0 Å². The molecule has 1 aliphatic heterocycles. The molecule has 3 N–H and O–H groups in total. The molecule has 0 aromatic carbocycles. The van der Waals surface area contributed by atoms with Crippen LogP contribution in [0.1, 0.15) is 6.42 Å². The summed E-state index contributed by atoms with van der Waals surface area (Å²) in [5.74, 6) is -0.436. The first-order chi connectivity index (χ1) is 7.51. The first-order valence-electron chi connectivity index (χ1n) is 4.76. The number of aromatic nitrogens is 2. The lowest BCUT2D eigenvalue weighted by molar-refractivity contribution is -0.142. The fraction of sp³-hybridized carbons (Fsp3) is 0.444. The summed E-state index contributed by atoms with van der Waals surface area (Å²) in [6, 6.07) is 0. The zero-order valence-corrected chi connectivity index (χ0v) is 10.6. The molecule has 0 saturated carbocycles. The molecule has 1 aromatic rings. The third-order valence-electron chi connectivity index (χ3n) is 2.62. The number of hydrogen-bond donors (Lipinski definition) is 2. The van der Waals surface area contributed by atoms with Gasteiger partial charge in [-0.15, -0.1) is 0 Å². The molecule has 1 atom stereocenters. The fourth-order valence-electron chi connectivity index (χ4n) is 1.65. The summed E-state index contributed by atoms with van der Waals surface area (Å²) < 4.78 is 0.942. The van der Waals surface area contributed by atoms with Crippen molar-refractivity contribution in [3.8, 4) is 0 Å². The van der Waals surface area contributed by atoms with Crippen molar-refractivity contribution in [2.24, 2.45) is 5.73 Å². The molecule has 6 nitrogen and oxygen atoms in total. The number of anilines is 1. The predicted molar refractivity (Wildman–Crippen MR) is 66.1 cm³/mol. The molecule has 2 heterocycles. The molecule has 0 bridgehead atoms. The minimum atomic E-state index is -1.17. The lowest BCUT2D eigenvalue weighted by Crippen LogP contribution is -2.50. The van der Waals surface area contributed by atoms with Crippen LogP contribution in [-0.2, 0) is 4.79 Å². The molecule has 1 fully saturated rings. The molecule has 1 aromatic heterocycles. The Morgan fingerprint density at radius 1 is 1.56 bits per heavy atom. The quantitative estimate of drug-likeness (QED) is 0.744. The van der Waals surface area contributed by atoms with Crippen molar-refractivity contribution < 1.29 is 9.90 Å². The van der Waals surface area contributed by atoms with E-state index in [0.717, 1.165) is 3.57 Å². The summed E-state index contributed by atoms with van der Waals surface area (Å²) in [6.45, 7) is 0.826. The third kappa shape index (κ3) is 2.09. The van der Waals surface area contributed by atoms with Crippen LogP contribution in [0.4, 0.5) is 5.95 Å². The number of carboxylic acid groups (broad SMARTS) is 1. The van der Waals surface area contributed by atoms with Crippen molar-refractivity contribution in [1.82, 2.24) is 9.97 Å². The van der Waals surface area contributed by atoms with Crippen molar-refractivity contribution in [1.29, 1.82) is 0 Å². The van der Waals surface area contributed by atoms with Gasteiger partial charge in [0.2, 0.25) is 5.95 Å². The first kappa shape index (κ1) is 11.5. The smallest absolute Gasteiger partial charge is 0.325 e. The van der Waals surface area contributed by atoms with Crippen molar-refractivity contribution in [2.45, 2.75) is 12.0 Å². The first-order valence-corrected chi connectivity index (χ1v) is 5.84. The summed E-state index contributed by atoms with van der Waals surface area (Å²) in [4.78, 5) is 21.0. The third-order valence-corrected chi connectivity index (χ3v) is 3.17. The van der Waals surface area contributed by atoms with Gasteiger partial charge in [-0.05, 0) is 29.0 Å². The van der Waals surface area contributed by atoms with Gasteiger partial charge >= 0.3 is 5.97 Å². The van der Waals surface area contributed by atoms with E-state index in [9.17, 15) is 4.79 Å². The number of nitrogens with zero attached hydrogens (tertiary/aromatic N) is 3. The topological polar surface area (TPSA) is 92.3 Å². The molecule has 0 radical (unpaired) electrons. The Kier molecular flexibility index (Phi) is 2.98. The van der Waals surface area contributed by atoms with Gasteiger partial charge in [-0.2, -0.15) is 0 Å². The largest absolute Gasteiger partial charge is 0.480 e. The maximum atomic E-state index is 11.0. The van der Waals surface area contributed by atoms with Crippen LogP contribution in [0.25, 0.3) is 0 Å². The van der Waals surface area contributed by atoms with Crippen LogP contribution in [-0.4, -0.2) is 39.7 Å². The van der Waals surface area contributed by atoms with Gasteiger partial charge < -0.3 is 15.7 Å². The van der Waals surface area contributed by atoms with Crippen LogP contribution in [0.3, 0.4) is 0 Å². The average molecular weight is 334 g/mol. The zero-order valence-electron chi connectivity index (χ0n) is 8.43. The van der Waals surface area contributed by atoms with E-state index in [1.165, 1.54) is 0 Å². The van der Waals surface area contributed by atoms with E-state index < -0.39 is 11.5 Å². The van der Waals surface area contributed by atoms with Gasteiger partial charge in [0.15, 0.2) is 0 Å². The second kappa shape index (κ2) is 4.13. The fourth-order valence-corrected chi connectivity index (χ4v) is 1.93. The summed E-state index contributed by atoms with van der Waals surface area (Å²) in [5.41, 5.74) is 4.59. The lowest BCUT2D eigenvalue weighted by Gasteiger charge is -2.19. The highest BCUT2D eigenvalue weighted by Crippen LogP contribution is 2.22. The van der Waals surface area contributed by atoms with Gasteiger partial charge in [0, 0.05) is 29.1 Å². The van der Waals surface area contributed by atoms with E-state index in [0.29, 0.717) is 18.9 Å². The molecule has 86 valence electrons. The highest BCUT2D eigenvalue weighted by atomic mass is 127. The molecular weight excluding hydrogens is 323 g/mol. The SMILES string of the molecule is NC1(C(=O)O)CCN(c2ncc(I)cn2)C1. The zero-order chi connectivity index (χ0) is 11.8. The maximum Gasteiger partial charge on any atom is 0.325 e. The normalized spacial score (nSPS) is 24.8. The highest BCUT2D eigenvalue weighted by molar-refractivity contribution is 14.1. The van der Waals surface area contributed by atoms with Crippen LogP contribution in [0.15, 0.2) is 12.4 Å². The molecule has 7 heteroatoms.